The molecule has 2 heterocycles. The van der Waals surface area contributed by atoms with Crippen LogP contribution in [0.5, 0.6) is 0 Å². The van der Waals surface area contributed by atoms with Crippen LogP contribution in [0.15, 0.2) is 28.8 Å². The molecule has 0 unspecified atom stereocenters. The lowest BCUT2D eigenvalue weighted by Crippen LogP contribution is -2.21. The molecule has 0 aliphatic rings. The smallest absolute Gasteiger partial charge is 0.212 e. The largest absolute Gasteiger partial charge is 0.392 e. The van der Waals surface area contributed by atoms with Crippen molar-refractivity contribution in [3.63, 3.8) is 0 Å². The molecule has 2 aromatic heterocycles. The van der Waals surface area contributed by atoms with Crippen LogP contribution in [-0.2, 0) is 6.61 Å². The van der Waals surface area contributed by atoms with Crippen LogP contribution in [0.2, 0.25) is 0 Å². The van der Waals surface area contributed by atoms with E-state index in [1.54, 1.807) is 12.4 Å². The Morgan fingerprint density at radius 1 is 1.41 bits per heavy atom. The SMILES string of the molecule is NC(N)=Nc1nc(-c2cncc(CO)c2)cs1. The highest BCUT2D eigenvalue weighted by atomic mass is 32.1. The van der Waals surface area contributed by atoms with E-state index in [0.29, 0.717) is 5.13 Å². The van der Waals surface area contributed by atoms with Crippen molar-refractivity contribution in [2.45, 2.75) is 6.61 Å². The minimum atomic E-state index is -0.0499. The summed E-state index contributed by atoms with van der Waals surface area (Å²) < 4.78 is 0. The molecule has 0 bridgehead atoms. The number of hydrogen-bond donors (Lipinski definition) is 3. The number of rotatable bonds is 3. The zero-order valence-corrected chi connectivity index (χ0v) is 9.68. The summed E-state index contributed by atoms with van der Waals surface area (Å²) in [5.41, 5.74) is 12.8. The van der Waals surface area contributed by atoms with Gasteiger partial charge in [-0.05, 0) is 11.6 Å². The molecular weight excluding hydrogens is 238 g/mol. The van der Waals surface area contributed by atoms with Gasteiger partial charge >= 0.3 is 0 Å². The third kappa shape index (κ3) is 2.77. The summed E-state index contributed by atoms with van der Waals surface area (Å²) in [6, 6.07) is 1.82. The first-order valence-electron chi connectivity index (χ1n) is 4.79. The monoisotopic (exact) mass is 249 g/mol. The van der Waals surface area contributed by atoms with Crippen molar-refractivity contribution in [2.75, 3.05) is 0 Å². The average Bonchev–Trinajstić information content (AvgIpc) is 2.77. The lowest BCUT2D eigenvalue weighted by atomic mass is 10.2. The maximum Gasteiger partial charge on any atom is 0.212 e. The van der Waals surface area contributed by atoms with E-state index in [9.17, 15) is 0 Å². The molecule has 5 N–H and O–H groups in total. The summed E-state index contributed by atoms with van der Waals surface area (Å²) in [7, 11) is 0. The Balaban J connectivity index is 2.33. The predicted molar refractivity (Wildman–Crippen MR) is 66.7 cm³/mol. The zero-order valence-electron chi connectivity index (χ0n) is 8.87. The molecule has 0 amide bonds. The van der Waals surface area contributed by atoms with Crippen LogP contribution < -0.4 is 11.5 Å². The van der Waals surface area contributed by atoms with Gasteiger partial charge in [0.05, 0.1) is 12.3 Å². The van der Waals surface area contributed by atoms with Crippen LogP contribution in [0.4, 0.5) is 5.13 Å². The van der Waals surface area contributed by atoms with E-state index in [1.807, 2.05) is 11.4 Å². The fraction of sp³-hybridized carbons (Fsp3) is 0.100. The third-order valence-electron chi connectivity index (χ3n) is 1.99. The van der Waals surface area contributed by atoms with E-state index in [-0.39, 0.29) is 12.6 Å². The van der Waals surface area contributed by atoms with E-state index in [2.05, 4.69) is 15.0 Å². The number of aliphatic hydroxyl groups excluding tert-OH is 1. The molecule has 0 aliphatic heterocycles. The van der Waals surface area contributed by atoms with Crippen LogP contribution in [0.1, 0.15) is 5.56 Å². The molecule has 0 saturated heterocycles. The Morgan fingerprint density at radius 2 is 2.24 bits per heavy atom. The predicted octanol–water partition coefficient (Wildman–Crippen LogP) is 0.602. The molecule has 6 nitrogen and oxygen atoms in total. The summed E-state index contributed by atoms with van der Waals surface area (Å²) in [6.45, 7) is -0.0499. The lowest BCUT2D eigenvalue weighted by molar-refractivity contribution is 0.281. The fourth-order valence-electron chi connectivity index (χ4n) is 1.27. The van der Waals surface area contributed by atoms with Gasteiger partial charge in [-0.3, -0.25) is 4.98 Å². The maximum atomic E-state index is 9.02. The van der Waals surface area contributed by atoms with Crippen molar-refractivity contribution in [3.05, 3.63) is 29.4 Å². The minimum Gasteiger partial charge on any atom is -0.392 e. The molecule has 88 valence electrons. The van der Waals surface area contributed by atoms with Gasteiger partial charge in [0.1, 0.15) is 0 Å². The summed E-state index contributed by atoms with van der Waals surface area (Å²) in [5, 5.41) is 11.3. The Hall–Kier alpha value is -1.99. The molecule has 0 aliphatic carbocycles. The number of pyridine rings is 1. The van der Waals surface area contributed by atoms with E-state index in [4.69, 9.17) is 16.6 Å². The Morgan fingerprint density at radius 3 is 2.94 bits per heavy atom. The Kier molecular flexibility index (Phi) is 3.31. The fourth-order valence-corrected chi connectivity index (χ4v) is 1.99. The van der Waals surface area contributed by atoms with Gasteiger partial charge in [0.15, 0.2) is 5.96 Å². The normalized spacial score (nSPS) is 10.2. The van der Waals surface area contributed by atoms with E-state index >= 15 is 0 Å². The van der Waals surface area contributed by atoms with Crippen molar-refractivity contribution in [1.29, 1.82) is 0 Å². The second-order valence-corrected chi connectivity index (χ2v) is 4.13. The van der Waals surface area contributed by atoms with Crippen molar-refractivity contribution < 1.29 is 5.11 Å². The van der Waals surface area contributed by atoms with Crippen LogP contribution >= 0.6 is 11.3 Å². The number of aromatic nitrogens is 2. The number of hydrogen-bond acceptors (Lipinski definition) is 5. The average molecular weight is 249 g/mol. The van der Waals surface area contributed by atoms with Crippen molar-refractivity contribution in [1.82, 2.24) is 9.97 Å². The van der Waals surface area contributed by atoms with Crippen LogP contribution in [0.3, 0.4) is 0 Å². The van der Waals surface area contributed by atoms with Gasteiger partial charge in [-0.15, -0.1) is 11.3 Å². The van der Waals surface area contributed by atoms with Gasteiger partial charge in [-0.1, -0.05) is 0 Å². The molecule has 7 heteroatoms. The van der Waals surface area contributed by atoms with Crippen LogP contribution in [0, 0.1) is 0 Å². The summed E-state index contributed by atoms with van der Waals surface area (Å²) >= 11 is 1.34. The third-order valence-corrected chi connectivity index (χ3v) is 2.72. The van der Waals surface area contributed by atoms with Gasteiger partial charge < -0.3 is 16.6 Å². The van der Waals surface area contributed by atoms with Gasteiger partial charge in [0.25, 0.3) is 0 Å². The molecule has 0 fully saturated rings. The molecule has 0 aromatic carbocycles. The number of aliphatic imine (C=N–C) groups is 1. The second kappa shape index (κ2) is 4.89. The molecule has 2 aromatic rings. The molecule has 0 atom stereocenters. The number of aliphatic hydroxyl groups is 1. The molecule has 17 heavy (non-hydrogen) atoms. The molecule has 0 saturated carbocycles. The van der Waals surface area contributed by atoms with Crippen molar-refractivity contribution in [2.24, 2.45) is 16.5 Å². The highest BCUT2D eigenvalue weighted by Gasteiger charge is 2.05. The maximum absolute atomic E-state index is 9.02. The van der Waals surface area contributed by atoms with Crippen LogP contribution in [0.25, 0.3) is 11.3 Å². The summed E-state index contributed by atoms with van der Waals surface area (Å²) in [5.74, 6) is -0.0202. The first kappa shape index (κ1) is 11.5. The topological polar surface area (TPSA) is 110 Å². The Bertz CT molecular complexity index is 547. The van der Waals surface area contributed by atoms with Gasteiger partial charge in [-0.25, -0.2) is 4.98 Å². The van der Waals surface area contributed by atoms with Crippen molar-refractivity contribution >= 4 is 22.4 Å². The van der Waals surface area contributed by atoms with Gasteiger partial charge in [-0.2, -0.15) is 4.99 Å². The molecular formula is C10H11N5OS. The van der Waals surface area contributed by atoms with E-state index < -0.39 is 0 Å². The summed E-state index contributed by atoms with van der Waals surface area (Å²) in [6.07, 6.45) is 3.28. The van der Waals surface area contributed by atoms with E-state index in [1.165, 1.54) is 11.3 Å². The minimum absolute atomic E-state index is 0.0202. The number of nitrogens with two attached hydrogens (primary N) is 2. The lowest BCUT2D eigenvalue weighted by Gasteiger charge is -1.98. The highest BCUT2D eigenvalue weighted by molar-refractivity contribution is 7.13. The molecule has 0 spiro atoms. The molecule has 0 radical (unpaired) electrons. The van der Waals surface area contributed by atoms with Crippen LogP contribution in [-0.4, -0.2) is 21.0 Å². The number of guanidine groups is 1. The number of nitrogens with zero attached hydrogens (tertiary/aromatic N) is 3. The van der Waals surface area contributed by atoms with Gasteiger partial charge in [0, 0.05) is 23.3 Å². The second-order valence-electron chi connectivity index (χ2n) is 3.29. The summed E-state index contributed by atoms with van der Waals surface area (Å²) in [4.78, 5) is 12.1. The number of thiazole rings is 1. The highest BCUT2D eigenvalue weighted by Crippen LogP contribution is 2.26. The first-order valence-corrected chi connectivity index (χ1v) is 5.67. The first-order chi connectivity index (χ1) is 8.19. The zero-order chi connectivity index (χ0) is 12.3. The standard InChI is InChI=1S/C10H11N5OS/c11-9(12)15-10-14-8(5-17-10)7-1-6(4-16)2-13-3-7/h1-3,5,16H,4H2,(H4,11,12,14,15). The Labute approximate surface area is 102 Å². The quantitative estimate of drug-likeness (QED) is 0.545. The van der Waals surface area contributed by atoms with Crippen molar-refractivity contribution in [3.8, 4) is 11.3 Å². The molecule has 2 rings (SSSR count). The van der Waals surface area contributed by atoms with E-state index in [0.717, 1.165) is 16.8 Å². The van der Waals surface area contributed by atoms with Gasteiger partial charge in [0.2, 0.25) is 5.13 Å².